The van der Waals surface area contributed by atoms with Crippen molar-refractivity contribution in [2.24, 2.45) is 11.3 Å². The molecule has 2 atom stereocenters. The van der Waals surface area contributed by atoms with Gasteiger partial charge in [0, 0.05) is 18.1 Å². The van der Waals surface area contributed by atoms with Crippen LogP contribution in [0.4, 0.5) is 0 Å². The minimum Gasteiger partial charge on any atom is -0.378 e. The summed E-state index contributed by atoms with van der Waals surface area (Å²) in [6.45, 7) is 8.84. The molecule has 0 amide bonds. The van der Waals surface area contributed by atoms with E-state index in [4.69, 9.17) is 4.74 Å². The summed E-state index contributed by atoms with van der Waals surface area (Å²) in [6, 6.07) is 0.752. The van der Waals surface area contributed by atoms with Crippen LogP contribution in [0.1, 0.15) is 65.7 Å². The smallest absolute Gasteiger partial charge is 0.0661 e. The highest BCUT2D eigenvalue weighted by Crippen LogP contribution is 2.57. The fourth-order valence-corrected chi connectivity index (χ4v) is 3.68. The molecule has 0 saturated heterocycles. The average Bonchev–Trinajstić information content (AvgIpc) is 2.23. The highest BCUT2D eigenvalue weighted by atomic mass is 16.5. The van der Waals surface area contributed by atoms with Crippen LogP contribution in [0.2, 0.25) is 0 Å². The molecule has 18 heavy (non-hydrogen) atoms. The van der Waals surface area contributed by atoms with Gasteiger partial charge in [-0.2, -0.15) is 0 Å². The summed E-state index contributed by atoms with van der Waals surface area (Å²) in [5.41, 5.74) is 0.536. The van der Waals surface area contributed by atoms with E-state index in [2.05, 4.69) is 26.1 Å². The molecule has 2 heteroatoms. The van der Waals surface area contributed by atoms with Gasteiger partial charge in [-0.05, 0) is 45.1 Å². The lowest BCUT2D eigenvalue weighted by Gasteiger charge is -2.61. The second-order valence-electron chi connectivity index (χ2n) is 6.66. The maximum Gasteiger partial charge on any atom is 0.0661 e. The molecule has 0 bridgehead atoms. The zero-order chi connectivity index (χ0) is 13.0. The lowest BCUT2D eigenvalue weighted by Crippen LogP contribution is -2.66. The number of hydrogen-bond donors (Lipinski definition) is 1. The molecular formula is C16H31NO. The van der Waals surface area contributed by atoms with Crippen molar-refractivity contribution in [1.29, 1.82) is 0 Å². The topological polar surface area (TPSA) is 21.3 Å². The van der Waals surface area contributed by atoms with Crippen molar-refractivity contribution >= 4 is 0 Å². The Morgan fingerprint density at radius 1 is 1.28 bits per heavy atom. The van der Waals surface area contributed by atoms with Crippen molar-refractivity contribution in [3.8, 4) is 0 Å². The van der Waals surface area contributed by atoms with E-state index in [1.54, 1.807) is 0 Å². The summed E-state index contributed by atoms with van der Waals surface area (Å²) in [5, 5.41) is 3.79. The van der Waals surface area contributed by atoms with E-state index in [0.29, 0.717) is 11.5 Å². The standard InChI is InChI=1S/C16H31NO/c1-4-18-15-12-14(16(15)9-7-10-16)17-11-6-5-8-13(2)3/h13-15,17H,4-12H2,1-3H3. The molecule has 2 nitrogen and oxygen atoms in total. The van der Waals surface area contributed by atoms with Crippen LogP contribution in [0.5, 0.6) is 0 Å². The van der Waals surface area contributed by atoms with Crippen LogP contribution in [0.25, 0.3) is 0 Å². The Hall–Kier alpha value is -0.0800. The third-order valence-corrected chi connectivity index (χ3v) is 5.04. The molecule has 2 saturated carbocycles. The van der Waals surface area contributed by atoms with Gasteiger partial charge >= 0.3 is 0 Å². The van der Waals surface area contributed by atoms with E-state index in [9.17, 15) is 0 Å². The van der Waals surface area contributed by atoms with Gasteiger partial charge in [0.05, 0.1) is 6.10 Å². The molecule has 2 aliphatic rings. The van der Waals surface area contributed by atoms with Crippen LogP contribution in [0.3, 0.4) is 0 Å². The van der Waals surface area contributed by atoms with Gasteiger partial charge < -0.3 is 10.1 Å². The first-order valence-electron chi connectivity index (χ1n) is 8.04. The quantitative estimate of drug-likeness (QED) is 0.665. The molecule has 0 aliphatic heterocycles. The van der Waals surface area contributed by atoms with Crippen molar-refractivity contribution in [1.82, 2.24) is 5.32 Å². The van der Waals surface area contributed by atoms with Gasteiger partial charge in [0.1, 0.15) is 0 Å². The summed E-state index contributed by atoms with van der Waals surface area (Å²) in [7, 11) is 0. The Morgan fingerprint density at radius 2 is 2.06 bits per heavy atom. The fourth-order valence-electron chi connectivity index (χ4n) is 3.68. The van der Waals surface area contributed by atoms with Crippen LogP contribution < -0.4 is 5.32 Å². The third-order valence-electron chi connectivity index (χ3n) is 5.04. The molecule has 0 aromatic carbocycles. The maximum atomic E-state index is 5.88. The molecule has 1 spiro atoms. The van der Waals surface area contributed by atoms with Gasteiger partial charge in [-0.15, -0.1) is 0 Å². The van der Waals surface area contributed by atoms with Gasteiger partial charge in [-0.1, -0.05) is 33.1 Å². The van der Waals surface area contributed by atoms with Crippen molar-refractivity contribution in [2.45, 2.75) is 77.9 Å². The molecule has 2 aliphatic carbocycles. The number of rotatable bonds is 8. The van der Waals surface area contributed by atoms with Crippen LogP contribution in [-0.2, 0) is 4.74 Å². The predicted octanol–water partition coefficient (Wildman–Crippen LogP) is 3.75. The number of hydrogen-bond acceptors (Lipinski definition) is 2. The zero-order valence-corrected chi connectivity index (χ0v) is 12.5. The Kier molecular flexibility index (Phi) is 5.08. The Labute approximate surface area is 113 Å². The summed E-state index contributed by atoms with van der Waals surface area (Å²) >= 11 is 0. The van der Waals surface area contributed by atoms with Crippen LogP contribution in [0.15, 0.2) is 0 Å². The first-order valence-corrected chi connectivity index (χ1v) is 8.04. The summed E-state index contributed by atoms with van der Waals surface area (Å²) in [5.74, 6) is 0.856. The van der Waals surface area contributed by atoms with E-state index >= 15 is 0 Å². The largest absolute Gasteiger partial charge is 0.378 e. The second-order valence-corrected chi connectivity index (χ2v) is 6.66. The van der Waals surface area contributed by atoms with Crippen molar-refractivity contribution < 1.29 is 4.74 Å². The molecule has 2 rings (SSSR count). The second kappa shape index (κ2) is 6.38. The van der Waals surface area contributed by atoms with Crippen molar-refractivity contribution in [2.75, 3.05) is 13.2 Å². The first-order chi connectivity index (χ1) is 8.69. The average molecular weight is 253 g/mol. The summed E-state index contributed by atoms with van der Waals surface area (Å²) < 4.78 is 5.88. The molecule has 2 fully saturated rings. The highest BCUT2D eigenvalue weighted by molar-refractivity contribution is 5.11. The molecule has 0 heterocycles. The molecule has 0 aromatic heterocycles. The van der Waals surface area contributed by atoms with Crippen molar-refractivity contribution in [3.05, 3.63) is 0 Å². The van der Waals surface area contributed by atoms with Gasteiger partial charge in [0.2, 0.25) is 0 Å². The number of ether oxygens (including phenoxy) is 1. The Bertz CT molecular complexity index is 247. The normalized spacial score (nSPS) is 29.3. The number of nitrogens with one attached hydrogen (secondary N) is 1. The molecule has 0 aromatic rings. The van der Waals surface area contributed by atoms with E-state index < -0.39 is 0 Å². The molecule has 0 radical (unpaired) electrons. The van der Waals surface area contributed by atoms with Crippen LogP contribution in [-0.4, -0.2) is 25.3 Å². The van der Waals surface area contributed by atoms with E-state index in [1.807, 2.05) is 0 Å². The lowest BCUT2D eigenvalue weighted by molar-refractivity contribution is -0.172. The van der Waals surface area contributed by atoms with Gasteiger partial charge in [0.25, 0.3) is 0 Å². The van der Waals surface area contributed by atoms with E-state index in [1.165, 1.54) is 51.5 Å². The fraction of sp³-hybridized carbons (Fsp3) is 1.00. The SMILES string of the molecule is CCOC1CC(NCCCCC(C)C)C12CCC2. The van der Waals surface area contributed by atoms with Gasteiger partial charge in [0.15, 0.2) is 0 Å². The monoisotopic (exact) mass is 253 g/mol. The first kappa shape index (κ1) is 14.3. The van der Waals surface area contributed by atoms with E-state index in [-0.39, 0.29) is 0 Å². The van der Waals surface area contributed by atoms with Gasteiger partial charge in [-0.3, -0.25) is 0 Å². The van der Waals surface area contributed by atoms with Crippen molar-refractivity contribution in [3.63, 3.8) is 0 Å². The maximum absolute atomic E-state index is 5.88. The Morgan fingerprint density at radius 3 is 2.61 bits per heavy atom. The molecule has 2 unspecified atom stereocenters. The lowest BCUT2D eigenvalue weighted by atomic mass is 9.51. The van der Waals surface area contributed by atoms with Crippen LogP contribution >= 0.6 is 0 Å². The number of unbranched alkanes of at least 4 members (excludes halogenated alkanes) is 1. The summed E-state index contributed by atoms with van der Waals surface area (Å²) in [4.78, 5) is 0. The minimum atomic E-state index is 0.536. The summed E-state index contributed by atoms with van der Waals surface area (Å²) in [6.07, 6.45) is 10.1. The van der Waals surface area contributed by atoms with E-state index in [0.717, 1.165) is 18.6 Å². The van der Waals surface area contributed by atoms with Gasteiger partial charge in [-0.25, -0.2) is 0 Å². The zero-order valence-electron chi connectivity index (χ0n) is 12.5. The molecular weight excluding hydrogens is 222 g/mol. The Balaban J connectivity index is 1.62. The van der Waals surface area contributed by atoms with Crippen LogP contribution in [0, 0.1) is 11.3 Å². The molecule has 106 valence electrons. The molecule has 1 N–H and O–H groups in total. The third kappa shape index (κ3) is 2.91. The predicted molar refractivity (Wildman–Crippen MR) is 76.8 cm³/mol. The highest BCUT2D eigenvalue weighted by Gasteiger charge is 2.58. The minimum absolute atomic E-state index is 0.536.